The van der Waals surface area contributed by atoms with Crippen LogP contribution in [0.5, 0.6) is 0 Å². The SMILES string of the molecule is CCCCCOC(C[N+](=O)[O-])c1ccccn1. The van der Waals surface area contributed by atoms with Gasteiger partial charge >= 0.3 is 0 Å². The van der Waals surface area contributed by atoms with Crippen LogP contribution in [0, 0.1) is 10.1 Å². The molecule has 17 heavy (non-hydrogen) atoms. The molecule has 94 valence electrons. The molecular weight excluding hydrogens is 220 g/mol. The lowest BCUT2D eigenvalue weighted by atomic mass is 10.2. The van der Waals surface area contributed by atoms with Crippen LogP contribution in [-0.2, 0) is 4.74 Å². The highest BCUT2D eigenvalue weighted by atomic mass is 16.6. The molecule has 0 amide bonds. The third-order valence-corrected chi connectivity index (χ3v) is 2.40. The van der Waals surface area contributed by atoms with Crippen LogP contribution in [0.25, 0.3) is 0 Å². The number of unbranched alkanes of at least 4 members (excludes halogenated alkanes) is 2. The minimum absolute atomic E-state index is 0.233. The van der Waals surface area contributed by atoms with E-state index in [4.69, 9.17) is 4.74 Å². The van der Waals surface area contributed by atoms with Crippen molar-refractivity contribution in [2.45, 2.75) is 32.3 Å². The highest BCUT2D eigenvalue weighted by molar-refractivity contribution is 5.06. The summed E-state index contributed by atoms with van der Waals surface area (Å²) in [6.45, 7) is 2.42. The number of hydrogen-bond acceptors (Lipinski definition) is 4. The van der Waals surface area contributed by atoms with Gasteiger partial charge in [-0.1, -0.05) is 25.8 Å². The van der Waals surface area contributed by atoms with Crippen LogP contribution in [0.3, 0.4) is 0 Å². The molecule has 1 atom stereocenters. The van der Waals surface area contributed by atoms with Crippen LogP contribution >= 0.6 is 0 Å². The summed E-state index contributed by atoms with van der Waals surface area (Å²) in [6.07, 6.45) is 4.19. The van der Waals surface area contributed by atoms with E-state index in [0.717, 1.165) is 19.3 Å². The quantitative estimate of drug-likeness (QED) is 0.396. The van der Waals surface area contributed by atoms with Crippen molar-refractivity contribution in [2.24, 2.45) is 0 Å². The first kappa shape index (κ1) is 13.6. The van der Waals surface area contributed by atoms with Crippen molar-refractivity contribution in [1.29, 1.82) is 0 Å². The molecule has 0 aromatic carbocycles. The maximum atomic E-state index is 10.6. The van der Waals surface area contributed by atoms with Crippen molar-refractivity contribution in [3.8, 4) is 0 Å². The first-order chi connectivity index (χ1) is 8.24. The molecule has 0 radical (unpaired) electrons. The van der Waals surface area contributed by atoms with E-state index in [1.807, 2.05) is 6.07 Å². The Hall–Kier alpha value is -1.49. The van der Waals surface area contributed by atoms with E-state index in [1.165, 1.54) is 0 Å². The lowest BCUT2D eigenvalue weighted by molar-refractivity contribution is -0.493. The summed E-state index contributed by atoms with van der Waals surface area (Å²) in [6, 6.07) is 5.35. The summed E-state index contributed by atoms with van der Waals surface area (Å²) in [5, 5.41) is 10.6. The van der Waals surface area contributed by atoms with E-state index < -0.39 is 6.10 Å². The normalized spacial score (nSPS) is 12.3. The number of rotatable bonds is 8. The number of ether oxygens (including phenoxy) is 1. The van der Waals surface area contributed by atoms with Gasteiger partial charge in [-0.3, -0.25) is 15.1 Å². The average molecular weight is 238 g/mol. The number of hydrogen-bond donors (Lipinski definition) is 0. The van der Waals surface area contributed by atoms with Crippen molar-refractivity contribution in [3.05, 3.63) is 40.2 Å². The van der Waals surface area contributed by atoms with Gasteiger partial charge in [0.1, 0.15) is 0 Å². The van der Waals surface area contributed by atoms with Crippen LogP contribution in [0.1, 0.15) is 38.0 Å². The molecule has 5 heteroatoms. The Labute approximate surface area is 101 Å². The predicted molar refractivity (Wildman–Crippen MR) is 64.3 cm³/mol. The summed E-state index contributed by atoms with van der Waals surface area (Å²) in [4.78, 5) is 14.3. The van der Waals surface area contributed by atoms with Crippen LogP contribution in [0.2, 0.25) is 0 Å². The Morgan fingerprint density at radius 1 is 1.47 bits per heavy atom. The summed E-state index contributed by atoms with van der Waals surface area (Å²) < 4.78 is 5.54. The van der Waals surface area contributed by atoms with Crippen molar-refractivity contribution >= 4 is 0 Å². The lowest BCUT2D eigenvalue weighted by Gasteiger charge is -2.13. The summed E-state index contributed by atoms with van der Waals surface area (Å²) in [5.41, 5.74) is 0.626. The van der Waals surface area contributed by atoms with Gasteiger partial charge in [0.25, 0.3) is 0 Å². The third-order valence-electron chi connectivity index (χ3n) is 2.40. The van der Waals surface area contributed by atoms with Gasteiger partial charge in [-0.15, -0.1) is 0 Å². The Kier molecular flexibility index (Phi) is 6.17. The van der Waals surface area contributed by atoms with Crippen LogP contribution in [-0.4, -0.2) is 23.1 Å². The van der Waals surface area contributed by atoms with Crippen molar-refractivity contribution < 1.29 is 9.66 Å². The molecule has 0 aliphatic rings. The summed E-state index contributed by atoms with van der Waals surface area (Å²) in [5.74, 6) is 0. The highest BCUT2D eigenvalue weighted by Gasteiger charge is 2.19. The smallest absolute Gasteiger partial charge is 0.235 e. The Balaban J connectivity index is 2.52. The fourth-order valence-electron chi connectivity index (χ4n) is 1.51. The number of nitrogens with zero attached hydrogens (tertiary/aromatic N) is 2. The Morgan fingerprint density at radius 3 is 2.88 bits per heavy atom. The van der Waals surface area contributed by atoms with Gasteiger partial charge in [-0.05, 0) is 18.6 Å². The first-order valence-electron chi connectivity index (χ1n) is 5.88. The van der Waals surface area contributed by atoms with E-state index in [1.54, 1.807) is 18.3 Å². The Morgan fingerprint density at radius 2 is 2.29 bits per heavy atom. The second-order valence-corrected chi connectivity index (χ2v) is 3.84. The van der Waals surface area contributed by atoms with Gasteiger partial charge in [0, 0.05) is 17.7 Å². The standard InChI is InChI=1S/C12H18N2O3/c1-2-3-6-9-17-12(10-14(15)16)11-7-4-5-8-13-11/h4-5,7-8,12H,2-3,6,9-10H2,1H3. The number of pyridine rings is 1. The summed E-state index contributed by atoms with van der Waals surface area (Å²) in [7, 11) is 0. The van der Waals surface area contributed by atoms with Gasteiger partial charge in [-0.25, -0.2) is 0 Å². The van der Waals surface area contributed by atoms with E-state index in [2.05, 4.69) is 11.9 Å². The molecule has 0 aliphatic carbocycles. The van der Waals surface area contributed by atoms with Crippen LogP contribution in [0.15, 0.2) is 24.4 Å². The zero-order chi connectivity index (χ0) is 12.5. The van der Waals surface area contributed by atoms with E-state index >= 15 is 0 Å². The first-order valence-corrected chi connectivity index (χ1v) is 5.88. The average Bonchev–Trinajstić information content (AvgIpc) is 2.34. The monoisotopic (exact) mass is 238 g/mol. The van der Waals surface area contributed by atoms with E-state index in [-0.39, 0.29) is 11.5 Å². The van der Waals surface area contributed by atoms with Gasteiger partial charge < -0.3 is 4.74 Å². The maximum Gasteiger partial charge on any atom is 0.235 e. The molecule has 1 heterocycles. The minimum atomic E-state index is -0.539. The Bertz CT molecular complexity index is 330. The third kappa shape index (κ3) is 5.40. The van der Waals surface area contributed by atoms with Gasteiger partial charge in [0.15, 0.2) is 6.10 Å². The molecule has 0 saturated carbocycles. The molecule has 1 rings (SSSR count). The second-order valence-electron chi connectivity index (χ2n) is 3.84. The van der Waals surface area contributed by atoms with Crippen molar-refractivity contribution in [2.75, 3.05) is 13.2 Å². The molecule has 0 spiro atoms. The molecule has 0 bridgehead atoms. The van der Waals surface area contributed by atoms with Crippen LogP contribution < -0.4 is 0 Å². The molecule has 1 aromatic heterocycles. The predicted octanol–water partition coefficient (Wildman–Crippen LogP) is 2.61. The zero-order valence-corrected chi connectivity index (χ0v) is 10.0. The number of nitro groups is 1. The fraction of sp³-hybridized carbons (Fsp3) is 0.583. The second kappa shape index (κ2) is 7.73. The van der Waals surface area contributed by atoms with Crippen molar-refractivity contribution in [1.82, 2.24) is 4.98 Å². The largest absolute Gasteiger partial charge is 0.365 e. The van der Waals surface area contributed by atoms with E-state index in [0.29, 0.717) is 12.3 Å². The van der Waals surface area contributed by atoms with Crippen molar-refractivity contribution in [3.63, 3.8) is 0 Å². The molecule has 1 aromatic rings. The maximum absolute atomic E-state index is 10.6. The van der Waals surface area contributed by atoms with E-state index in [9.17, 15) is 10.1 Å². The molecule has 0 saturated heterocycles. The van der Waals surface area contributed by atoms with Gasteiger partial charge in [-0.2, -0.15) is 0 Å². The minimum Gasteiger partial charge on any atom is -0.365 e. The highest BCUT2D eigenvalue weighted by Crippen LogP contribution is 2.15. The topological polar surface area (TPSA) is 65.3 Å². The number of aromatic nitrogens is 1. The molecule has 5 nitrogen and oxygen atoms in total. The molecule has 1 unspecified atom stereocenters. The fourth-order valence-corrected chi connectivity index (χ4v) is 1.51. The molecule has 0 aliphatic heterocycles. The van der Waals surface area contributed by atoms with Gasteiger partial charge in [0.2, 0.25) is 6.54 Å². The van der Waals surface area contributed by atoms with Gasteiger partial charge in [0.05, 0.1) is 5.69 Å². The molecule has 0 N–H and O–H groups in total. The zero-order valence-electron chi connectivity index (χ0n) is 10.0. The molecular formula is C12H18N2O3. The molecule has 0 fully saturated rings. The van der Waals surface area contributed by atoms with Crippen LogP contribution in [0.4, 0.5) is 0 Å². The lowest BCUT2D eigenvalue weighted by Crippen LogP contribution is -2.17. The summed E-state index contributed by atoms with van der Waals surface area (Å²) >= 11 is 0.